The van der Waals surface area contributed by atoms with E-state index in [0.29, 0.717) is 12.1 Å². The summed E-state index contributed by atoms with van der Waals surface area (Å²) in [5.41, 5.74) is 0.661. The first-order valence-electron chi connectivity index (χ1n) is 6.00. The molecule has 0 saturated heterocycles. The molecule has 0 aliphatic rings. The van der Waals surface area contributed by atoms with Crippen LogP contribution in [-0.4, -0.2) is 23.1 Å². The van der Waals surface area contributed by atoms with Gasteiger partial charge in [-0.3, -0.25) is 0 Å². The van der Waals surface area contributed by atoms with Gasteiger partial charge in [-0.05, 0) is 40.6 Å². The van der Waals surface area contributed by atoms with Crippen molar-refractivity contribution in [2.45, 2.75) is 26.3 Å². The molecular weight excluding hydrogens is 359 g/mol. The lowest BCUT2D eigenvalue weighted by molar-refractivity contribution is -0.140. The van der Waals surface area contributed by atoms with E-state index in [9.17, 15) is 9.59 Å². The van der Waals surface area contributed by atoms with Gasteiger partial charge in [0.25, 0.3) is 0 Å². The van der Waals surface area contributed by atoms with Crippen molar-refractivity contribution in [3.63, 3.8) is 0 Å². The summed E-state index contributed by atoms with van der Waals surface area (Å²) in [6, 6.07) is 5.91. The first kappa shape index (κ1) is 15.7. The lowest BCUT2D eigenvalue weighted by atomic mass is 9.99. The van der Waals surface area contributed by atoms with Gasteiger partial charge in [0, 0.05) is 3.57 Å². The molecule has 2 amide bonds. The van der Waals surface area contributed by atoms with Gasteiger partial charge in [-0.25, -0.2) is 9.59 Å². The maximum absolute atomic E-state index is 11.8. The summed E-state index contributed by atoms with van der Waals surface area (Å²) in [6.45, 7) is 3.69. The van der Waals surface area contributed by atoms with Crippen LogP contribution in [0.15, 0.2) is 24.3 Å². The number of para-hydroxylation sites is 1. The SMILES string of the molecule is CC[C@H](C)[C@H](NC(=O)Nc1ccccc1I)C(=O)O. The average Bonchev–Trinajstić information content (AvgIpc) is 2.37. The summed E-state index contributed by atoms with van der Waals surface area (Å²) < 4.78 is 0.894. The Morgan fingerprint density at radius 1 is 1.37 bits per heavy atom. The van der Waals surface area contributed by atoms with Crippen LogP contribution < -0.4 is 10.6 Å². The first-order chi connectivity index (χ1) is 8.95. The lowest BCUT2D eigenvalue weighted by Gasteiger charge is -2.20. The molecule has 1 aromatic carbocycles. The van der Waals surface area contributed by atoms with Gasteiger partial charge in [0.1, 0.15) is 6.04 Å². The van der Waals surface area contributed by atoms with E-state index >= 15 is 0 Å². The molecule has 3 N–H and O–H groups in total. The molecule has 0 aromatic heterocycles. The predicted molar refractivity (Wildman–Crippen MR) is 82.2 cm³/mol. The molecule has 5 nitrogen and oxygen atoms in total. The summed E-state index contributed by atoms with van der Waals surface area (Å²) in [4.78, 5) is 22.9. The minimum Gasteiger partial charge on any atom is -0.480 e. The molecule has 2 atom stereocenters. The molecule has 6 heteroatoms. The summed E-state index contributed by atoms with van der Waals surface area (Å²) in [5.74, 6) is -1.15. The number of amides is 2. The molecule has 0 aliphatic heterocycles. The van der Waals surface area contributed by atoms with Crippen LogP contribution in [-0.2, 0) is 4.79 Å². The molecule has 1 aromatic rings. The van der Waals surface area contributed by atoms with Crippen LogP contribution in [0.2, 0.25) is 0 Å². The Morgan fingerprint density at radius 3 is 2.53 bits per heavy atom. The zero-order valence-electron chi connectivity index (χ0n) is 10.8. The largest absolute Gasteiger partial charge is 0.480 e. The Labute approximate surface area is 125 Å². The Kier molecular flexibility index (Phi) is 6.07. The number of carbonyl (C=O) groups is 2. The minimum absolute atomic E-state index is 0.127. The van der Waals surface area contributed by atoms with Crippen molar-refractivity contribution >= 4 is 40.3 Å². The molecule has 0 saturated carbocycles. The van der Waals surface area contributed by atoms with E-state index in [4.69, 9.17) is 5.11 Å². The van der Waals surface area contributed by atoms with Crippen molar-refractivity contribution in [2.75, 3.05) is 5.32 Å². The van der Waals surface area contributed by atoms with Crippen molar-refractivity contribution in [1.82, 2.24) is 5.32 Å². The number of rotatable bonds is 5. The van der Waals surface area contributed by atoms with Crippen LogP contribution in [0, 0.1) is 9.49 Å². The van der Waals surface area contributed by atoms with E-state index in [1.165, 1.54) is 0 Å². The topological polar surface area (TPSA) is 78.4 Å². The number of urea groups is 1. The summed E-state index contributed by atoms with van der Waals surface area (Å²) in [6.07, 6.45) is 0.681. The average molecular weight is 376 g/mol. The molecule has 19 heavy (non-hydrogen) atoms. The van der Waals surface area contributed by atoms with Crippen LogP contribution in [0.5, 0.6) is 0 Å². The zero-order chi connectivity index (χ0) is 14.4. The Hall–Kier alpha value is -1.31. The number of halogens is 1. The monoisotopic (exact) mass is 376 g/mol. The number of aliphatic carboxylic acids is 1. The Bertz CT molecular complexity index is 465. The minimum atomic E-state index is -1.02. The van der Waals surface area contributed by atoms with Crippen LogP contribution in [0.1, 0.15) is 20.3 Å². The van der Waals surface area contributed by atoms with Gasteiger partial charge in [-0.15, -0.1) is 0 Å². The third kappa shape index (κ3) is 4.70. The molecule has 0 fully saturated rings. The molecular formula is C13H17IN2O3. The van der Waals surface area contributed by atoms with Crippen LogP contribution in [0.4, 0.5) is 10.5 Å². The van der Waals surface area contributed by atoms with Crippen molar-refractivity contribution < 1.29 is 14.7 Å². The smallest absolute Gasteiger partial charge is 0.326 e. The molecule has 0 radical (unpaired) electrons. The second-order valence-corrected chi connectivity index (χ2v) is 5.44. The summed E-state index contributed by atoms with van der Waals surface area (Å²) in [5, 5.41) is 14.2. The van der Waals surface area contributed by atoms with Gasteiger partial charge in [0.15, 0.2) is 0 Å². The van der Waals surface area contributed by atoms with Gasteiger partial charge < -0.3 is 15.7 Å². The van der Waals surface area contributed by atoms with Gasteiger partial charge in [0.2, 0.25) is 0 Å². The van der Waals surface area contributed by atoms with Gasteiger partial charge in [0.05, 0.1) is 5.69 Å². The van der Waals surface area contributed by atoms with Gasteiger partial charge in [-0.2, -0.15) is 0 Å². The van der Waals surface area contributed by atoms with E-state index in [0.717, 1.165) is 3.57 Å². The maximum Gasteiger partial charge on any atom is 0.326 e. The third-order valence-electron chi connectivity index (χ3n) is 2.89. The number of carboxylic acid groups (broad SMARTS) is 1. The summed E-state index contributed by atoms with van der Waals surface area (Å²) >= 11 is 2.10. The van der Waals surface area contributed by atoms with Crippen LogP contribution in [0.3, 0.4) is 0 Å². The Morgan fingerprint density at radius 2 is 2.00 bits per heavy atom. The van der Waals surface area contributed by atoms with E-state index < -0.39 is 18.0 Å². The number of carboxylic acids is 1. The molecule has 0 bridgehead atoms. The normalized spacial score (nSPS) is 13.4. The summed E-state index contributed by atoms with van der Waals surface area (Å²) in [7, 11) is 0. The van der Waals surface area contributed by atoms with E-state index in [-0.39, 0.29) is 5.92 Å². The maximum atomic E-state index is 11.8. The third-order valence-corrected chi connectivity index (χ3v) is 3.83. The van der Waals surface area contributed by atoms with Crippen molar-refractivity contribution in [3.05, 3.63) is 27.8 Å². The highest BCUT2D eigenvalue weighted by Gasteiger charge is 2.25. The number of nitrogens with one attached hydrogen (secondary N) is 2. The van der Waals surface area contributed by atoms with Gasteiger partial charge >= 0.3 is 12.0 Å². The fourth-order valence-corrected chi connectivity index (χ4v) is 2.07. The second kappa shape index (κ2) is 7.32. The standard InChI is InChI=1S/C13H17IN2O3/c1-3-8(2)11(12(17)18)16-13(19)15-10-7-5-4-6-9(10)14/h4-8,11H,3H2,1-2H3,(H,17,18)(H2,15,16,19)/t8-,11-/m0/s1. The quantitative estimate of drug-likeness (QED) is 0.692. The number of hydrogen-bond acceptors (Lipinski definition) is 2. The number of hydrogen-bond donors (Lipinski definition) is 3. The molecule has 0 heterocycles. The van der Waals surface area contributed by atoms with Crippen molar-refractivity contribution in [2.24, 2.45) is 5.92 Å². The molecule has 104 valence electrons. The van der Waals surface area contributed by atoms with E-state index in [2.05, 4.69) is 33.2 Å². The fourth-order valence-electron chi connectivity index (χ4n) is 1.55. The number of anilines is 1. The molecule has 0 unspecified atom stereocenters. The number of benzene rings is 1. The number of carbonyl (C=O) groups excluding carboxylic acids is 1. The highest BCUT2D eigenvalue weighted by atomic mass is 127. The molecule has 0 aliphatic carbocycles. The molecule has 0 spiro atoms. The van der Waals surface area contributed by atoms with E-state index in [1.54, 1.807) is 19.1 Å². The Balaban J connectivity index is 2.68. The van der Waals surface area contributed by atoms with Crippen LogP contribution >= 0.6 is 22.6 Å². The second-order valence-electron chi connectivity index (χ2n) is 4.28. The highest BCUT2D eigenvalue weighted by Crippen LogP contribution is 2.17. The highest BCUT2D eigenvalue weighted by molar-refractivity contribution is 14.1. The van der Waals surface area contributed by atoms with Crippen molar-refractivity contribution in [1.29, 1.82) is 0 Å². The zero-order valence-corrected chi connectivity index (χ0v) is 13.0. The first-order valence-corrected chi connectivity index (χ1v) is 7.08. The lowest BCUT2D eigenvalue weighted by Crippen LogP contribution is -2.46. The van der Waals surface area contributed by atoms with Crippen molar-refractivity contribution in [3.8, 4) is 0 Å². The van der Waals surface area contributed by atoms with E-state index in [1.807, 2.05) is 19.1 Å². The van der Waals surface area contributed by atoms with Gasteiger partial charge in [-0.1, -0.05) is 32.4 Å². The fraction of sp³-hybridized carbons (Fsp3) is 0.385. The van der Waals surface area contributed by atoms with Crippen LogP contribution in [0.25, 0.3) is 0 Å². The predicted octanol–water partition coefficient (Wildman–Crippen LogP) is 2.91. The molecule has 1 rings (SSSR count).